The molecular formula is C12H12F2N4O2. The Morgan fingerprint density at radius 3 is 2.70 bits per heavy atom. The Hall–Kier alpha value is -2.51. The monoisotopic (exact) mass is 282 g/mol. The molecule has 6 nitrogen and oxygen atoms in total. The predicted molar refractivity (Wildman–Crippen MR) is 68.3 cm³/mol. The molecule has 1 aromatic heterocycles. The molecule has 0 amide bonds. The first-order valence-electron chi connectivity index (χ1n) is 5.75. The summed E-state index contributed by atoms with van der Waals surface area (Å²) < 4.78 is 28.2. The molecule has 0 spiro atoms. The zero-order valence-corrected chi connectivity index (χ0v) is 10.9. The fourth-order valence-corrected chi connectivity index (χ4v) is 1.90. The van der Waals surface area contributed by atoms with E-state index in [4.69, 9.17) is 0 Å². The summed E-state index contributed by atoms with van der Waals surface area (Å²) in [5.41, 5.74) is 0.551. The Morgan fingerprint density at radius 1 is 1.45 bits per heavy atom. The van der Waals surface area contributed by atoms with E-state index in [-0.39, 0.29) is 12.2 Å². The SMILES string of the molecule is Cc1nn(C)cc1CNc1cc(F)cc(F)c1[N+](=O)[O-]. The van der Waals surface area contributed by atoms with Gasteiger partial charge in [-0.2, -0.15) is 9.49 Å². The topological polar surface area (TPSA) is 73.0 Å². The van der Waals surface area contributed by atoms with Crippen LogP contribution < -0.4 is 5.32 Å². The summed E-state index contributed by atoms with van der Waals surface area (Å²) in [4.78, 5) is 9.94. The molecular weight excluding hydrogens is 270 g/mol. The van der Waals surface area contributed by atoms with Gasteiger partial charge in [0.05, 0.1) is 10.6 Å². The van der Waals surface area contributed by atoms with Crippen molar-refractivity contribution in [2.75, 3.05) is 5.32 Å². The molecule has 2 aromatic rings. The van der Waals surface area contributed by atoms with Crippen molar-refractivity contribution in [1.29, 1.82) is 0 Å². The van der Waals surface area contributed by atoms with E-state index in [1.165, 1.54) is 0 Å². The van der Waals surface area contributed by atoms with Crippen LogP contribution in [0.5, 0.6) is 0 Å². The van der Waals surface area contributed by atoms with Gasteiger partial charge in [-0.05, 0) is 6.92 Å². The van der Waals surface area contributed by atoms with Crippen LogP contribution in [-0.2, 0) is 13.6 Å². The molecule has 2 rings (SSSR count). The molecule has 0 unspecified atom stereocenters. The summed E-state index contributed by atoms with van der Waals surface area (Å²) in [5.74, 6) is -2.08. The lowest BCUT2D eigenvalue weighted by atomic mass is 10.2. The number of aromatic nitrogens is 2. The van der Waals surface area contributed by atoms with Gasteiger partial charge >= 0.3 is 5.69 Å². The van der Waals surface area contributed by atoms with E-state index in [9.17, 15) is 18.9 Å². The van der Waals surface area contributed by atoms with Crippen LogP contribution in [0.4, 0.5) is 20.2 Å². The van der Waals surface area contributed by atoms with Crippen LogP contribution in [0.25, 0.3) is 0 Å². The van der Waals surface area contributed by atoms with Crippen LogP contribution in [0.2, 0.25) is 0 Å². The van der Waals surface area contributed by atoms with Gasteiger partial charge in [-0.15, -0.1) is 0 Å². The third kappa shape index (κ3) is 2.73. The lowest BCUT2D eigenvalue weighted by molar-refractivity contribution is -0.386. The highest BCUT2D eigenvalue weighted by atomic mass is 19.1. The van der Waals surface area contributed by atoms with Crippen molar-refractivity contribution >= 4 is 11.4 Å². The Bertz CT molecular complexity index is 670. The number of rotatable bonds is 4. The summed E-state index contributed by atoms with van der Waals surface area (Å²) >= 11 is 0. The Labute approximate surface area is 113 Å². The third-order valence-corrected chi connectivity index (χ3v) is 2.80. The van der Waals surface area contributed by atoms with Crippen molar-refractivity contribution in [3.63, 3.8) is 0 Å². The number of hydrogen-bond acceptors (Lipinski definition) is 4. The molecule has 0 saturated heterocycles. The van der Waals surface area contributed by atoms with Crippen molar-refractivity contribution in [2.45, 2.75) is 13.5 Å². The molecule has 0 bridgehead atoms. The van der Waals surface area contributed by atoms with Crippen LogP contribution in [0.1, 0.15) is 11.3 Å². The first-order valence-corrected chi connectivity index (χ1v) is 5.75. The van der Waals surface area contributed by atoms with Gasteiger partial charge in [0.25, 0.3) is 0 Å². The highest BCUT2D eigenvalue weighted by Gasteiger charge is 2.22. The number of nitro benzene ring substituents is 1. The largest absolute Gasteiger partial charge is 0.375 e. The first-order chi connectivity index (χ1) is 9.38. The van der Waals surface area contributed by atoms with Crippen molar-refractivity contribution < 1.29 is 13.7 Å². The minimum Gasteiger partial charge on any atom is -0.375 e. The molecule has 0 radical (unpaired) electrons. The molecule has 0 aliphatic carbocycles. The van der Waals surface area contributed by atoms with Gasteiger partial charge in [-0.25, -0.2) is 4.39 Å². The van der Waals surface area contributed by atoms with E-state index < -0.39 is 22.2 Å². The number of anilines is 1. The summed E-state index contributed by atoms with van der Waals surface area (Å²) in [5, 5.41) is 17.6. The summed E-state index contributed by atoms with van der Waals surface area (Å²) in [6.45, 7) is 1.96. The molecule has 0 aliphatic heterocycles. The van der Waals surface area contributed by atoms with Gasteiger partial charge in [0, 0.05) is 37.5 Å². The fourth-order valence-electron chi connectivity index (χ4n) is 1.90. The van der Waals surface area contributed by atoms with Gasteiger partial charge < -0.3 is 5.32 Å². The summed E-state index contributed by atoms with van der Waals surface area (Å²) in [6, 6.07) is 1.38. The van der Waals surface area contributed by atoms with E-state index in [1.54, 1.807) is 24.9 Å². The molecule has 1 N–H and O–H groups in total. The number of benzene rings is 1. The molecule has 1 heterocycles. The molecule has 0 aliphatic rings. The minimum atomic E-state index is -1.21. The molecule has 20 heavy (non-hydrogen) atoms. The fraction of sp³-hybridized carbons (Fsp3) is 0.250. The number of aryl methyl sites for hydroxylation is 2. The molecule has 0 saturated carbocycles. The van der Waals surface area contributed by atoms with E-state index >= 15 is 0 Å². The lowest BCUT2D eigenvalue weighted by Crippen LogP contribution is -2.05. The van der Waals surface area contributed by atoms with Crippen molar-refractivity contribution in [2.24, 2.45) is 7.05 Å². The average molecular weight is 282 g/mol. The third-order valence-electron chi connectivity index (χ3n) is 2.80. The lowest BCUT2D eigenvalue weighted by Gasteiger charge is -2.07. The molecule has 8 heteroatoms. The van der Waals surface area contributed by atoms with E-state index in [0.717, 1.165) is 17.3 Å². The van der Waals surface area contributed by atoms with Crippen LogP contribution in [0, 0.1) is 28.7 Å². The van der Waals surface area contributed by atoms with Gasteiger partial charge in [-0.3, -0.25) is 14.8 Å². The molecule has 0 fully saturated rings. The Kier molecular flexibility index (Phi) is 3.64. The highest BCUT2D eigenvalue weighted by molar-refractivity contribution is 5.62. The normalized spacial score (nSPS) is 10.6. The summed E-state index contributed by atoms with van der Waals surface area (Å²) in [6.07, 6.45) is 1.73. The highest BCUT2D eigenvalue weighted by Crippen LogP contribution is 2.29. The van der Waals surface area contributed by atoms with Crippen LogP contribution in [-0.4, -0.2) is 14.7 Å². The van der Waals surface area contributed by atoms with Gasteiger partial charge in [0.2, 0.25) is 5.82 Å². The van der Waals surface area contributed by atoms with Crippen LogP contribution in [0.15, 0.2) is 18.3 Å². The Morgan fingerprint density at radius 2 is 2.15 bits per heavy atom. The van der Waals surface area contributed by atoms with Gasteiger partial charge in [0.15, 0.2) is 0 Å². The molecule has 0 atom stereocenters. The quantitative estimate of drug-likeness (QED) is 0.690. The number of nitrogens with one attached hydrogen (secondary N) is 1. The van der Waals surface area contributed by atoms with Gasteiger partial charge in [0.1, 0.15) is 11.5 Å². The number of halogens is 2. The standard InChI is InChI=1S/C12H12F2N4O2/c1-7-8(6-17(2)16-7)5-15-11-4-9(13)3-10(14)12(11)18(19)20/h3-4,6,15H,5H2,1-2H3. The van der Waals surface area contributed by atoms with Crippen molar-refractivity contribution in [1.82, 2.24) is 9.78 Å². The van der Waals surface area contributed by atoms with Crippen molar-refractivity contribution in [3.8, 4) is 0 Å². The number of nitro groups is 1. The van der Waals surface area contributed by atoms with Crippen LogP contribution >= 0.6 is 0 Å². The second-order valence-corrected chi connectivity index (χ2v) is 4.31. The number of nitrogens with zero attached hydrogens (tertiary/aromatic N) is 3. The number of hydrogen-bond donors (Lipinski definition) is 1. The second kappa shape index (κ2) is 5.24. The maximum Gasteiger partial charge on any atom is 0.327 e. The Balaban J connectivity index is 2.29. The molecule has 106 valence electrons. The minimum absolute atomic E-state index is 0.184. The maximum absolute atomic E-state index is 13.4. The average Bonchev–Trinajstić information content (AvgIpc) is 2.63. The van der Waals surface area contributed by atoms with Crippen molar-refractivity contribution in [3.05, 3.63) is 51.3 Å². The van der Waals surface area contributed by atoms with Crippen LogP contribution in [0.3, 0.4) is 0 Å². The summed E-state index contributed by atoms with van der Waals surface area (Å²) in [7, 11) is 1.74. The van der Waals surface area contributed by atoms with E-state index in [2.05, 4.69) is 10.4 Å². The molecule has 1 aromatic carbocycles. The predicted octanol–water partition coefficient (Wildman–Crippen LogP) is 2.53. The maximum atomic E-state index is 13.4. The zero-order chi connectivity index (χ0) is 14.9. The zero-order valence-electron chi connectivity index (χ0n) is 10.9. The smallest absolute Gasteiger partial charge is 0.327 e. The van der Waals surface area contributed by atoms with E-state index in [1.807, 2.05) is 0 Å². The van der Waals surface area contributed by atoms with E-state index in [0.29, 0.717) is 6.07 Å². The second-order valence-electron chi connectivity index (χ2n) is 4.31. The first kappa shape index (κ1) is 13.9. The van der Waals surface area contributed by atoms with Gasteiger partial charge in [-0.1, -0.05) is 0 Å².